The summed E-state index contributed by atoms with van der Waals surface area (Å²) in [4.78, 5) is 25.0. The van der Waals surface area contributed by atoms with E-state index in [0.717, 1.165) is 49.0 Å². The summed E-state index contributed by atoms with van der Waals surface area (Å²) >= 11 is 0. The lowest BCUT2D eigenvalue weighted by Crippen LogP contribution is -2.33. The van der Waals surface area contributed by atoms with Crippen molar-refractivity contribution in [3.8, 4) is 17.3 Å². The van der Waals surface area contributed by atoms with Crippen LogP contribution in [0, 0.1) is 12.3 Å². The summed E-state index contributed by atoms with van der Waals surface area (Å²) in [6.07, 6.45) is 5.15. The zero-order valence-electron chi connectivity index (χ0n) is 19.6. The van der Waals surface area contributed by atoms with E-state index >= 15 is 0 Å². The van der Waals surface area contributed by atoms with Crippen LogP contribution in [0.15, 0.2) is 49.1 Å². The van der Waals surface area contributed by atoms with E-state index in [1.807, 2.05) is 6.92 Å². The average Bonchev–Trinajstić information content (AvgIpc) is 3.32. The highest BCUT2D eigenvalue weighted by atomic mass is 16.5. The van der Waals surface area contributed by atoms with Gasteiger partial charge in [0, 0.05) is 44.0 Å². The van der Waals surface area contributed by atoms with Gasteiger partial charge in [-0.15, -0.1) is 0 Å². The van der Waals surface area contributed by atoms with E-state index in [-0.39, 0.29) is 11.5 Å². The molecule has 1 saturated heterocycles. The molecular formula is C25H29N7O. The Labute approximate surface area is 193 Å². The van der Waals surface area contributed by atoms with Crippen LogP contribution in [0.3, 0.4) is 0 Å². The van der Waals surface area contributed by atoms with E-state index in [9.17, 15) is 0 Å². The monoisotopic (exact) mass is 443 g/mol. The molecule has 8 heteroatoms. The van der Waals surface area contributed by atoms with Crippen molar-refractivity contribution in [1.29, 1.82) is 0 Å². The summed E-state index contributed by atoms with van der Waals surface area (Å²) in [5.41, 5.74) is 3.57. The van der Waals surface area contributed by atoms with Gasteiger partial charge in [-0.2, -0.15) is 4.98 Å². The Kier molecular flexibility index (Phi) is 5.54. The van der Waals surface area contributed by atoms with Gasteiger partial charge >= 0.3 is 0 Å². The van der Waals surface area contributed by atoms with Gasteiger partial charge in [0.2, 0.25) is 5.88 Å². The maximum Gasteiger partial charge on any atom is 0.245 e. The lowest BCUT2D eigenvalue weighted by atomic mass is 9.90. The standard InChI is InChI=1S/C25H29N7O/c1-5-32-22(19-11-26-17(2)27-12-19)30-21-23(32)28-16-29-24(21)33-20-14-31(15-25(20,3)4)13-18-9-7-6-8-10-18/h6-12,16,20H,5,13-15H2,1-4H3. The largest absolute Gasteiger partial charge is 0.471 e. The first-order valence-electron chi connectivity index (χ1n) is 11.4. The van der Waals surface area contributed by atoms with Gasteiger partial charge in [-0.1, -0.05) is 44.2 Å². The maximum atomic E-state index is 6.54. The minimum Gasteiger partial charge on any atom is -0.471 e. The normalized spacial score (nSPS) is 18.1. The molecule has 0 saturated carbocycles. The van der Waals surface area contributed by atoms with Crippen molar-refractivity contribution < 1.29 is 4.74 Å². The van der Waals surface area contributed by atoms with Crippen LogP contribution in [0.2, 0.25) is 0 Å². The molecule has 1 fully saturated rings. The summed E-state index contributed by atoms with van der Waals surface area (Å²) in [7, 11) is 0. The molecule has 1 unspecified atom stereocenters. The quantitative estimate of drug-likeness (QED) is 0.447. The number of rotatable bonds is 6. The molecule has 3 aromatic heterocycles. The third kappa shape index (κ3) is 4.18. The number of aromatic nitrogens is 6. The second kappa shape index (κ2) is 8.51. The molecule has 1 atom stereocenters. The van der Waals surface area contributed by atoms with Crippen LogP contribution in [-0.2, 0) is 13.1 Å². The third-order valence-corrected chi connectivity index (χ3v) is 6.28. The summed E-state index contributed by atoms with van der Waals surface area (Å²) in [5, 5.41) is 0. The maximum absolute atomic E-state index is 6.54. The van der Waals surface area contributed by atoms with Crippen LogP contribution < -0.4 is 4.74 Å². The van der Waals surface area contributed by atoms with Crippen molar-refractivity contribution in [2.45, 2.75) is 46.9 Å². The van der Waals surface area contributed by atoms with Crippen molar-refractivity contribution in [3.63, 3.8) is 0 Å². The molecule has 1 aliphatic rings. The lowest BCUT2D eigenvalue weighted by molar-refractivity contribution is 0.116. The number of likely N-dealkylation sites (tertiary alicyclic amines) is 1. The zero-order chi connectivity index (χ0) is 23.0. The van der Waals surface area contributed by atoms with E-state index in [0.29, 0.717) is 11.4 Å². The van der Waals surface area contributed by atoms with Gasteiger partial charge in [0.15, 0.2) is 11.2 Å². The number of ether oxygens (including phenoxy) is 1. The highest BCUT2D eigenvalue weighted by Gasteiger charge is 2.41. The van der Waals surface area contributed by atoms with Crippen LogP contribution in [0.5, 0.6) is 5.88 Å². The van der Waals surface area contributed by atoms with E-state index in [1.54, 1.807) is 18.7 Å². The first-order valence-corrected chi connectivity index (χ1v) is 11.4. The summed E-state index contributed by atoms with van der Waals surface area (Å²) in [6.45, 7) is 11.9. The molecule has 1 aliphatic heterocycles. The molecule has 33 heavy (non-hydrogen) atoms. The number of fused-ring (bicyclic) bond motifs is 1. The number of hydrogen-bond donors (Lipinski definition) is 0. The number of benzene rings is 1. The smallest absolute Gasteiger partial charge is 0.245 e. The number of hydrogen-bond acceptors (Lipinski definition) is 7. The molecule has 0 N–H and O–H groups in total. The summed E-state index contributed by atoms with van der Waals surface area (Å²) in [5.74, 6) is 2.03. The average molecular weight is 444 g/mol. The van der Waals surface area contributed by atoms with Gasteiger partial charge in [-0.25, -0.2) is 19.9 Å². The second-order valence-corrected chi connectivity index (χ2v) is 9.30. The number of aryl methyl sites for hydroxylation is 2. The Hall–Kier alpha value is -3.39. The van der Waals surface area contributed by atoms with Gasteiger partial charge in [0.1, 0.15) is 24.1 Å². The molecule has 1 aromatic carbocycles. The van der Waals surface area contributed by atoms with E-state index in [4.69, 9.17) is 9.72 Å². The van der Waals surface area contributed by atoms with E-state index in [2.05, 4.69) is 80.5 Å². The molecule has 0 spiro atoms. The van der Waals surface area contributed by atoms with Crippen molar-refractivity contribution in [1.82, 2.24) is 34.4 Å². The van der Waals surface area contributed by atoms with Crippen molar-refractivity contribution >= 4 is 11.2 Å². The number of imidazole rings is 1. The van der Waals surface area contributed by atoms with Crippen LogP contribution >= 0.6 is 0 Å². The van der Waals surface area contributed by atoms with Gasteiger partial charge in [-0.3, -0.25) is 4.90 Å². The van der Waals surface area contributed by atoms with Crippen LogP contribution in [0.4, 0.5) is 0 Å². The predicted octanol–water partition coefficient (Wildman–Crippen LogP) is 3.90. The fourth-order valence-electron chi connectivity index (χ4n) is 4.55. The van der Waals surface area contributed by atoms with Gasteiger partial charge in [0.05, 0.1) is 5.56 Å². The molecule has 0 aliphatic carbocycles. The first-order chi connectivity index (χ1) is 15.9. The van der Waals surface area contributed by atoms with E-state index in [1.165, 1.54) is 5.56 Å². The minimum absolute atomic E-state index is 0.00255. The SMILES string of the molecule is CCn1c(-c2cnc(C)nc2)nc2c(OC3CN(Cc4ccccc4)CC3(C)C)ncnc21. The molecule has 8 nitrogen and oxygen atoms in total. The second-order valence-electron chi connectivity index (χ2n) is 9.30. The molecule has 0 bridgehead atoms. The Morgan fingerprint density at radius 2 is 1.82 bits per heavy atom. The molecule has 4 aromatic rings. The van der Waals surface area contributed by atoms with E-state index < -0.39 is 0 Å². The number of nitrogens with zero attached hydrogens (tertiary/aromatic N) is 7. The van der Waals surface area contributed by atoms with Crippen molar-refractivity contribution in [3.05, 3.63) is 60.4 Å². The molecular weight excluding hydrogens is 414 g/mol. The van der Waals surface area contributed by atoms with Crippen molar-refractivity contribution in [2.75, 3.05) is 13.1 Å². The van der Waals surface area contributed by atoms with Gasteiger partial charge < -0.3 is 9.30 Å². The lowest BCUT2D eigenvalue weighted by Gasteiger charge is -2.25. The third-order valence-electron chi connectivity index (χ3n) is 6.28. The van der Waals surface area contributed by atoms with Gasteiger partial charge in [0.25, 0.3) is 0 Å². The summed E-state index contributed by atoms with van der Waals surface area (Å²) in [6, 6.07) is 10.6. The van der Waals surface area contributed by atoms with Crippen LogP contribution in [-0.4, -0.2) is 53.6 Å². The molecule has 4 heterocycles. The predicted molar refractivity (Wildman–Crippen MR) is 127 cm³/mol. The van der Waals surface area contributed by atoms with Gasteiger partial charge in [-0.05, 0) is 19.4 Å². The molecule has 5 rings (SSSR count). The highest BCUT2D eigenvalue weighted by molar-refractivity contribution is 5.81. The minimum atomic E-state index is -0.0208. The first kappa shape index (κ1) is 21.5. The fourth-order valence-corrected chi connectivity index (χ4v) is 4.55. The Bertz CT molecular complexity index is 1250. The Morgan fingerprint density at radius 3 is 2.55 bits per heavy atom. The molecule has 0 amide bonds. The molecule has 170 valence electrons. The molecule has 0 radical (unpaired) electrons. The Balaban J connectivity index is 1.44. The summed E-state index contributed by atoms with van der Waals surface area (Å²) < 4.78 is 8.59. The Morgan fingerprint density at radius 1 is 1.06 bits per heavy atom. The van der Waals surface area contributed by atoms with Crippen molar-refractivity contribution in [2.24, 2.45) is 5.41 Å². The zero-order valence-corrected chi connectivity index (χ0v) is 19.6. The highest BCUT2D eigenvalue weighted by Crippen LogP contribution is 2.35. The van der Waals surface area contributed by atoms with Crippen LogP contribution in [0.1, 0.15) is 32.2 Å². The topological polar surface area (TPSA) is 81.9 Å². The fraction of sp³-hybridized carbons (Fsp3) is 0.400. The van der Waals surface area contributed by atoms with Crippen LogP contribution in [0.25, 0.3) is 22.6 Å².